The van der Waals surface area contributed by atoms with Crippen LogP contribution in [0.4, 0.5) is 15.8 Å². The molecular formula is C17H19FN2O2. The number of hydrogen-bond acceptors (Lipinski definition) is 4. The lowest BCUT2D eigenvalue weighted by molar-refractivity contribution is 0.122. The summed E-state index contributed by atoms with van der Waals surface area (Å²) in [6, 6.07) is 14.8. The molecule has 1 heterocycles. The molecule has 1 N–H and O–H groups in total. The van der Waals surface area contributed by atoms with Crippen LogP contribution in [0.3, 0.4) is 0 Å². The molecule has 1 aliphatic rings. The molecule has 0 aromatic heterocycles. The van der Waals surface area contributed by atoms with Gasteiger partial charge in [-0.2, -0.15) is 0 Å². The summed E-state index contributed by atoms with van der Waals surface area (Å²) in [6.07, 6.45) is 0. The SMILES string of the molecule is Fc1cccc(NOCc2ccccc2)c1N1CCOCC1. The van der Waals surface area contributed by atoms with Crippen molar-refractivity contribution in [1.82, 2.24) is 0 Å². The van der Waals surface area contributed by atoms with Gasteiger partial charge in [0, 0.05) is 13.1 Å². The number of benzene rings is 2. The molecule has 1 fully saturated rings. The molecule has 0 saturated carbocycles. The Hall–Kier alpha value is -2.11. The third-order valence-electron chi connectivity index (χ3n) is 3.58. The number of morpholine rings is 1. The first kappa shape index (κ1) is 14.8. The van der Waals surface area contributed by atoms with Crippen molar-refractivity contribution in [3.63, 3.8) is 0 Å². The molecule has 4 nitrogen and oxygen atoms in total. The Morgan fingerprint density at radius 2 is 1.82 bits per heavy atom. The van der Waals surface area contributed by atoms with Crippen LogP contribution in [0.2, 0.25) is 0 Å². The monoisotopic (exact) mass is 302 g/mol. The standard InChI is InChI=1S/C17H19FN2O2/c18-15-7-4-8-16(17(15)20-9-11-21-12-10-20)19-22-13-14-5-2-1-3-6-14/h1-8,19H,9-13H2. The van der Waals surface area contributed by atoms with Crippen molar-refractivity contribution in [3.8, 4) is 0 Å². The van der Waals surface area contributed by atoms with Crippen LogP contribution in [0.25, 0.3) is 0 Å². The van der Waals surface area contributed by atoms with E-state index in [2.05, 4.69) is 5.48 Å². The second-order valence-electron chi connectivity index (χ2n) is 5.11. The molecule has 0 bridgehead atoms. The molecule has 22 heavy (non-hydrogen) atoms. The number of rotatable bonds is 5. The van der Waals surface area contributed by atoms with Crippen molar-refractivity contribution in [1.29, 1.82) is 0 Å². The van der Waals surface area contributed by atoms with E-state index >= 15 is 0 Å². The minimum Gasteiger partial charge on any atom is -0.378 e. The molecule has 0 amide bonds. The van der Waals surface area contributed by atoms with Gasteiger partial charge in [-0.05, 0) is 17.7 Å². The molecule has 5 heteroatoms. The zero-order chi connectivity index (χ0) is 15.2. The molecule has 0 spiro atoms. The van der Waals surface area contributed by atoms with Crippen LogP contribution in [-0.4, -0.2) is 26.3 Å². The summed E-state index contributed by atoms with van der Waals surface area (Å²) in [5, 5.41) is 0. The van der Waals surface area contributed by atoms with Gasteiger partial charge in [-0.15, -0.1) is 0 Å². The van der Waals surface area contributed by atoms with Gasteiger partial charge >= 0.3 is 0 Å². The summed E-state index contributed by atoms with van der Waals surface area (Å²) in [5.74, 6) is -0.254. The Bertz CT molecular complexity index is 601. The number of nitrogens with zero attached hydrogens (tertiary/aromatic N) is 1. The first-order valence-corrected chi connectivity index (χ1v) is 7.37. The molecule has 2 aromatic carbocycles. The maximum Gasteiger partial charge on any atom is 0.148 e. The van der Waals surface area contributed by atoms with E-state index in [4.69, 9.17) is 9.57 Å². The van der Waals surface area contributed by atoms with E-state index in [1.807, 2.05) is 41.3 Å². The normalized spacial score (nSPS) is 14.9. The van der Waals surface area contributed by atoms with Crippen molar-refractivity contribution < 1.29 is 14.0 Å². The van der Waals surface area contributed by atoms with Gasteiger partial charge in [-0.1, -0.05) is 36.4 Å². The number of halogens is 1. The molecule has 0 unspecified atom stereocenters. The number of anilines is 2. The van der Waals surface area contributed by atoms with E-state index in [0.717, 1.165) is 5.56 Å². The Balaban J connectivity index is 1.69. The molecular weight excluding hydrogens is 283 g/mol. The summed E-state index contributed by atoms with van der Waals surface area (Å²) < 4.78 is 19.5. The quantitative estimate of drug-likeness (QED) is 0.860. The van der Waals surface area contributed by atoms with E-state index in [-0.39, 0.29) is 5.82 Å². The maximum atomic E-state index is 14.2. The van der Waals surface area contributed by atoms with Crippen LogP contribution in [0.15, 0.2) is 48.5 Å². The second-order valence-corrected chi connectivity index (χ2v) is 5.11. The average molecular weight is 302 g/mol. The summed E-state index contributed by atoms with van der Waals surface area (Å²) >= 11 is 0. The number of para-hydroxylation sites is 1. The number of ether oxygens (including phenoxy) is 1. The molecule has 0 aliphatic carbocycles. The summed E-state index contributed by atoms with van der Waals surface area (Å²) in [4.78, 5) is 7.50. The fourth-order valence-electron chi connectivity index (χ4n) is 2.48. The fraction of sp³-hybridized carbons (Fsp3) is 0.294. The summed E-state index contributed by atoms with van der Waals surface area (Å²) in [7, 11) is 0. The third-order valence-corrected chi connectivity index (χ3v) is 3.58. The predicted molar refractivity (Wildman–Crippen MR) is 84.3 cm³/mol. The molecule has 0 atom stereocenters. The highest BCUT2D eigenvalue weighted by Gasteiger charge is 2.18. The Morgan fingerprint density at radius 1 is 1.05 bits per heavy atom. The first-order valence-electron chi connectivity index (χ1n) is 7.37. The average Bonchev–Trinajstić information content (AvgIpc) is 2.57. The van der Waals surface area contributed by atoms with Crippen LogP contribution in [0.5, 0.6) is 0 Å². The van der Waals surface area contributed by atoms with Gasteiger partial charge in [-0.25, -0.2) is 4.39 Å². The largest absolute Gasteiger partial charge is 0.378 e. The van der Waals surface area contributed by atoms with Crippen molar-refractivity contribution in [2.24, 2.45) is 0 Å². The highest BCUT2D eigenvalue weighted by Crippen LogP contribution is 2.30. The predicted octanol–water partition coefficient (Wildman–Crippen LogP) is 3.21. The summed E-state index contributed by atoms with van der Waals surface area (Å²) in [6.45, 7) is 2.99. The highest BCUT2D eigenvalue weighted by molar-refractivity contribution is 5.70. The number of nitrogens with one attached hydrogen (secondary N) is 1. The van der Waals surface area contributed by atoms with Gasteiger partial charge in [-0.3, -0.25) is 10.3 Å². The minimum absolute atomic E-state index is 0.254. The van der Waals surface area contributed by atoms with Crippen LogP contribution < -0.4 is 10.4 Å². The highest BCUT2D eigenvalue weighted by atomic mass is 19.1. The van der Waals surface area contributed by atoms with Gasteiger partial charge in [0.1, 0.15) is 5.82 Å². The minimum atomic E-state index is -0.254. The van der Waals surface area contributed by atoms with Crippen LogP contribution in [-0.2, 0) is 16.2 Å². The molecule has 3 rings (SSSR count). The molecule has 1 saturated heterocycles. The maximum absolute atomic E-state index is 14.2. The van der Waals surface area contributed by atoms with Crippen molar-refractivity contribution >= 4 is 11.4 Å². The number of hydrogen-bond donors (Lipinski definition) is 1. The fourth-order valence-corrected chi connectivity index (χ4v) is 2.48. The van der Waals surface area contributed by atoms with Crippen molar-refractivity contribution in [3.05, 3.63) is 59.9 Å². The lowest BCUT2D eigenvalue weighted by atomic mass is 10.2. The van der Waals surface area contributed by atoms with E-state index in [1.165, 1.54) is 6.07 Å². The van der Waals surface area contributed by atoms with Gasteiger partial charge in [0.2, 0.25) is 0 Å². The van der Waals surface area contributed by atoms with Crippen LogP contribution >= 0.6 is 0 Å². The van der Waals surface area contributed by atoms with Gasteiger partial charge in [0.25, 0.3) is 0 Å². The first-order chi connectivity index (χ1) is 10.8. The molecule has 2 aromatic rings. The lowest BCUT2D eigenvalue weighted by Gasteiger charge is -2.30. The summed E-state index contributed by atoms with van der Waals surface area (Å²) in [5.41, 5.74) is 5.11. The van der Waals surface area contributed by atoms with Crippen LogP contribution in [0, 0.1) is 5.82 Å². The van der Waals surface area contributed by atoms with E-state index in [0.29, 0.717) is 44.3 Å². The van der Waals surface area contributed by atoms with Gasteiger partial charge < -0.3 is 9.64 Å². The topological polar surface area (TPSA) is 33.7 Å². The van der Waals surface area contributed by atoms with Crippen molar-refractivity contribution in [2.45, 2.75) is 6.61 Å². The zero-order valence-electron chi connectivity index (χ0n) is 12.3. The zero-order valence-corrected chi connectivity index (χ0v) is 12.3. The van der Waals surface area contributed by atoms with Crippen molar-refractivity contribution in [2.75, 3.05) is 36.7 Å². The molecule has 116 valence electrons. The smallest absolute Gasteiger partial charge is 0.148 e. The Morgan fingerprint density at radius 3 is 2.59 bits per heavy atom. The van der Waals surface area contributed by atoms with Gasteiger partial charge in [0.15, 0.2) is 0 Å². The Kier molecular flexibility index (Phi) is 4.88. The van der Waals surface area contributed by atoms with E-state index in [1.54, 1.807) is 6.07 Å². The third kappa shape index (κ3) is 3.55. The second kappa shape index (κ2) is 7.24. The van der Waals surface area contributed by atoms with Gasteiger partial charge in [0.05, 0.1) is 31.2 Å². The molecule has 0 radical (unpaired) electrons. The van der Waals surface area contributed by atoms with E-state index < -0.39 is 0 Å². The Labute approximate surface area is 129 Å². The lowest BCUT2D eigenvalue weighted by Crippen LogP contribution is -2.37. The van der Waals surface area contributed by atoms with E-state index in [9.17, 15) is 4.39 Å². The molecule has 1 aliphatic heterocycles. The van der Waals surface area contributed by atoms with Crippen LogP contribution in [0.1, 0.15) is 5.56 Å².